The molecule has 0 saturated heterocycles. The van der Waals surface area contributed by atoms with E-state index < -0.39 is 0 Å². The molecule has 1 nitrogen and oxygen atoms in total. The van der Waals surface area contributed by atoms with E-state index >= 15 is 0 Å². The van der Waals surface area contributed by atoms with E-state index in [0.717, 1.165) is 28.5 Å². The van der Waals surface area contributed by atoms with Gasteiger partial charge in [-0.2, -0.15) is 0 Å². The van der Waals surface area contributed by atoms with E-state index in [9.17, 15) is 5.11 Å². The lowest BCUT2D eigenvalue weighted by molar-refractivity contribution is 0.0265. The second-order valence-electron chi connectivity index (χ2n) is 4.47. The minimum absolute atomic E-state index is 0.119. The van der Waals surface area contributed by atoms with Crippen LogP contribution in [-0.2, 0) is 0 Å². The van der Waals surface area contributed by atoms with Gasteiger partial charge in [0.2, 0.25) is 0 Å². The van der Waals surface area contributed by atoms with E-state index in [1.54, 1.807) is 0 Å². The first-order valence-electron chi connectivity index (χ1n) is 5.61. The molecule has 1 unspecified atom stereocenters. The maximum atomic E-state index is 10.4. The van der Waals surface area contributed by atoms with Gasteiger partial charge in [-0.05, 0) is 31.4 Å². The molecule has 0 aromatic carbocycles. The van der Waals surface area contributed by atoms with Crippen LogP contribution in [0.1, 0.15) is 50.0 Å². The average molecular weight is 245 g/mol. The number of halogens is 1. The van der Waals surface area contributed by atoms with Crippen LogP contribution in [0, 0.1) is 5.41 Å². The lowest BCUT2D eigenvalue weighted by atomic mass is 9.77. The predicted molar refractivity (Wildman–Crippen MR) is 65.5 cm³/mol. The number of hydrogen-bond donors (Lipinski definition) is 1. The smallest absolute Gasteiger partial charge is 0.0938 e. The Labute approximate surface area is 100 Å². The summed E-state index contributed by atoms with van der Waals surface area (Å²) in [5.41, 5.74) is 0.119. The molecule has 0 bridgehead atoms. The Morgan fingerprint density at radius 2 is 2.13 bits per heavy atom. The van der Waals surface area contributed by atoms with E-state index in [1.165, 1.54) is 24.2 Å². The Balaban J connectivity index is 2.21. The van der Waals surface area contributed by atoms with Gasteiger partial charge in [0.1, 0.15) is 0 Å². The van der Waals surface area contributed by atoms with Gasteiger partial charge in [0, 0.05) is 10.3 Å². The van der Waals surface area contributed by atoms with Crippen LogP contribution in [0.15, 0.2) is 12.1 Å². The lowest BCUT2D eigenvalue weighted by Gasteiger charge is -2.32. The van der Waals surface area contributed by atoms with Gasteiger partial charge in [0.25, 0.3) is 0 Å². The van der Waals surface area contributed by atoms with Crippen LogP contribution in [0.3, 0.4) is 0 Å². The Bertz CT molecular complexity index is 328. The highest BCUT2D eigenvalue weighted by atomic mass is 35.5. The highest BCUT2D eigenvalue weighted by Gasteiger charge is 2.40. The van der Waals surface area contributed by atoms with Crippen LogP contribution in [0.5, 0.6) is 0 Å². The maximum Gasteiger partial charge on any atom is 0.0938 e. The van der Waals surface area contributed by atoms with Crippen LogP contribution < -0.4 is 0 Å². The minimum atomic E-state index is -0.317. The zero-order chi connectivity index (χ0) is 10.9. The molecule has 1 atom stereocenters. The molecule has 1 saturated carbocycles. The molecule has 0 radical (unpaired) electrons. The van der Waals surface area contributed by atoms with E-state index in [1.807, 2.05) is 12.1 Å². The molecule has 0 spiro atoms. The molecule has 1 aliphatic rings. The Kier molecular flexibility index (Phi) is 3.39. The Morgan fingerprint density at radius 1 is 1.47 bits per heavy atom. The van der Waals surface area contributed by atoms with Gasteiger partial charge in [-0.3, -0.25) is 0 Å². The number of rotatable bonds is 3. The summed E-state index contributed by atoms with van der Waals surface area (Å²) < 4.78 is 0.772. The largest absolute Gasteiger partial charge is 0.387 e. The molecule has 3 heteroatoms. The summed E-state index contributed by atoms with van der Waals surface area (Å²) in [7, 11) is 0. The summed E-state index contributed by atoms with van der Waals surface area (Å²) in [5.74, 6) is 0. The summed E-state index contributed by atoms with van der Waals surface area (Å²) in [6.07, 6.45) is 5.56. The highest BCUT2D eigenvalue weighted by molar-refractivity contribution is 7.16. The highest BCUT2D eigenvalue weighted by Crippen LogP contribution is 2.51. The molecule has 1 fully saturated rings. The molecule has 2 rings (SSSR count). The summed E-state index contributed by atoms with van der Waals surface area (Å²) in [6.45, 7) is 2.18. The molecule has 84 valence electrons. The lowest BCUT2D eigenvalue weighted by Crippen LogP contribution is -2.24. The molecule has 0 aliphatic heterocycles. The van der Waals surface area contributed by atoms with Crippen molar-refractivity contribution in [1.82, 2.24) is 0 Å². The molecule has 0 amide bonds. The van der Waals surface area contributed by atoms with E-state index in [2.05, 4.69) is 6.92 Å². The normalized spacial score (nSPS) is 21.8. The molecular weight excluding hydrogens is 228 g/mol. The molecule has 15 heavy (non-hydrogen) atoms. The van der Waals surface area contributed by atoms with Gasteiger partial charge < -0.3 is 5.11 Å². The maximum absolute atomic E-state index is 10.4. The van der Waals surface area contributed by atoms with Gasteiger partial charge >= 0.3 is 0 Å². The third-order valence-corrected chi connectivity index (χ3v) is 5.03. The van der Waals surface area contributed by atoms with Gasteiger partial charge in [0.15, 0.2) is 0 Å². The molecule has 1 N–H and O–H groups in total. The fraction of sp³-hybridized carbons (Fsp3) is 0.667. The fourth-order valence-electron chi connectivity index (χ4n) is 2.68. The van der Waals surface area contributed by atoms with Crippen molar-refractivity contribution in [2.45, 2.75) is 45.1 Å². The number of thiophene rings is 1. The van der Waals surface area contributed by atoms with Crippen molar-refractivity contribution in [3.63, 3.8) is 0 Å². The van der Waals surface area contributed by atoms with Crippen molar-refractivity contribution >= 4 is 22.9 Å². The van der Waals surface area contributed by atoms with E-state index in [-0.39, 0.29) is 11.5 Å². The monoisotopic (exact) mass is 244 g/mol. The molecule has 1 aromatic heterocycles. The number of aliphatic hydroxyl groups is 1. The van der Waals surface area contributed by atoms with Crippen molar-refractivity contribution < 1.29 is 5.11 Å². The molecular formula is C12H17ClOS. The quantitative estimate of drug-likeness (QED) is 0.835. The molecule has 1 aliphatic carbocycles. The zero-order valence-electron chi connectivity index (χ0n) is 9.00. The van der Waals surface area contributed by atoms with Gasteiger partial charge in [-0.25, -0.2) is 0 Å². The Morgan fingerprint density at radius 3 is 2.60 bits per heavy atom. The van der Waals surface area contributed by atoms with Gasteiger partial charge in [0.05, 0.1) is 10.4 Å². The zero-order valence-corrected chi connectivity index (χ0v) is 10.6. The summed E-state index contributed by atoms with van der Waals surface area (Å²) >= 11 is 7.42. The SMILES string of the molecule is CCC1(C(O)c2ccc(Cl)s2)CCCC1. The summed E-state index contributed by atoms with van der Waals surface area (Å²) in [6, 6.07) is 3.84. The van der Waals surface area contributed by atoms with E-state index in [4.69, 9.17) is 11.6 Å². The van der Waals surface area contributed by atoms with E-state index in [0.29, 0.717) is 0 Å². The first kappa shape index (κ1) is 11.4. The number of hydrogen-bond acceptors (Lipinski definition) is 2. The molecule has 1 aromatic rings. The van der Waals surface area contributed by atoms with Crippen molar-refractivity contribution in [3.05, 3.63) is 21.3 Å². The summed E-state index contributed by atoms with van der Waals surface area (Å²) in [5, 5.41) is 10.4. The first-order valence-corrected chi connectivity index (χ1v) is 6.81. The van der Waals surface area contributed by atoms with Gasteiger partial charge in [-0.1, -0.05) is 31.4 Å². The molecule has 1 heterocycles. The minimum Gasteiger partial charge on any atom is -0.387 e. The van der Waals surface area contributed by atoms with Crippen molar-refractivity contribution in [2.24, 2.45) is 5.41 Å². The standard InChI is InChI=1S/C12H17ClOS/c1-2-12(7-3-4-8-12)11(14)9-5-6-10(13)15-9/h5-6,11,14H,2-4,7-8H2,1H3. The van der Waals surface area contributed by atoms with Crippen LogP contribution in [0.4, 0.5) is 0 Å². The van der Waals surface area contributed by atoms with Crippen LogP contribution in [-0.4, -0.2) is 5.11 Å². The van der Waals surface area contributed by atoms with Crippen molar-refractivity contribution in [3.8, 4) is 0 Å². The Hall–Kier alpha value is -0.0500. The fourth-order valence-corrected chi connectivity index (χ4v) is 3.87. The van der Waals surface area contributed by atoms with Gasteiger partial charge in [-0.15, -0.1) is 11.3 Å². The number of aliphatic hydroxyl groups excluding tert-OH is 1. The second-order valence-corrected chi connectivity index (χ2v) is 6.21. The van der Waals surface area contributed by atoms with Crippen LogP contribution in [0.2, 0.25) is 4.34 Å². The third-order valence-electron chi connectivity index (χ3n) is 3.75. The topological polar surface area (TPSA) is 20.2 Å². The average Bonchev–Trinajstić information content (AvgIpc) is 2.86. The third kappa shape index (κ3) is 2.08. The predicted octanol–water partition coefficient (Wildman–Crippen LogP) is 4.41. The summed E-state index contributed by atoms with van der Waals surface area (Å²) in [4.78, 5) is 1.03. The van der Waals surface area contributed by atoms with Crippen LogP contribution >= 0.6 is 22.9 Å². The van der Waals surface area contributed by atoms with Crippen molar-refractivity contribution in [2.75, 3.05) is 0 Å². The van der Waals surface area contributed by atoms with Crippen LogP contribution in [0.25, 0.3) is 0 Å². The second kappa shape index (κ2) is 4.44. The first-order chi connectivity index (χ1) is 7.18. The van der Waals surface area contributed by atoms with Crippen molar-refractivity contribution in [1.29, 1.82) is 0 Å².